The minimum Gasteiger partial charge on any atom is -0.346 e. The van der Waals surface area contributed by atoms with Gasteiger partial charge >= 0.3 is 0 Å². The van der Waals surface area contributed by atoms with Gasteiger partial charge in [0.05, 0.1) is 12.1 Å². The molecule has 0 spiro atoms. The zero-order chi connectivity index (χ0) is 21.2. The second kappa shape index (κ2) is 7.98. The van der Waals surface area contributed by atoms with Crippen molar-refractivity contribution >= 4 is 28.3 Å². The number of tetrazole rings is 1. The van der Waals surface area contributed by atoms with Crippen molar-refractivity contribution in [1.29, 1.82) is 0 Å². The van der Waals surface area contributed by atoms with Crippen LogP contribution in [0.1, 0.15) is 29.0 Å². The third kappa shape index (κ3) is 4.28. The predicted molar refractivity (Wildman–Crippen MR) is 116 cm³/mol. The number of fused-ring (bicyclic) bond motifs is 1. The quantitative estimate of drug-likeness (QED) is 0.507. The fourth-order valence-corrected chi connectivity index (χ4v) is 3.40. The fraction of sp³-hybridized carbons (Fsp3) is 0.174. The van der Waals surface area contributed by atoms with E-state index in [1.165, 1.54) is 4.80 Å². The Morgan fingerprint density at radius 2 is 1.74 bits per heavy atom. The van der Waals surface area contributed by atoms with Gasteiger partial charge in [-0.15, -0.1) is 15.0 Å². The van der Waals surface area contributed by atoms with Crippen LogP contribution in [0.4, 0.5) is 5.69 Å². The molecule has 0 saturated heterocycles. The van der Waals surface area contributed by atoms with E-state index >= 15 is 0 Å². The van der Waals surface area contributed by atoms with Crippen LogP contribution in [0.2, 0.25) is 0 Å². The third-order valence-corrected chi connectivity index (χ3v) is 5.14. The molecular weight excluding hydrogens is 392 g/mol. The lowest BCUT2D eigenvalue weighted by atomic mass is 10.0. The van der Waals surface area contributed by atoms with Crippen LogP contribution in [0.5, 0.6) is 0 Å². The van der Waals surface area contributed by atoms with Crippen molar-refractivity contribution in [3.63, 3.8) is 0 Å². The SMILES string of the molecule is O=C(Cc1cccc2ccccc12)Nc1ccc(-n2nnc(C(=O)NC3CC3)n2)cc1. The van der Waals surface area contributed by atoms with Gasteiger partial charge in [0.2, 0.25) is 5.91 Å². The summed E-state index contributed by atoms with van der Waals surface area (Å²) in [5.41, 5.74) is 2.29. The summed E-state index contributed by atoms with van der Waals surface area (Å²) in [6.45, 7) is 0. The van der Waals surface area contributed by atoms with Crippen LogP contribution in [-0.2, 0) is 11.2 Å². The van der Waals surface area contributed by atoms with E-state index in [4.69, 9.17) is 0 Å². The van der Waals surface area contributed by atoms with E-state index in [2.05, 4.69) is 26.0 Å². The van der Waals surface area contributed by atoms with Gasteiger partial charge in [-0.2, -0.15) is 0 Å². The molecule has 5 rings (SSSR count). The number of anilines is 1. The molecule has 1 saturated carbocycles. The predicted octanol–water partition coefficient (Wildman–Crippen LogP) is 2.89. The highest BCUT2D eigenvalue weighted by atomic mass is 16.2. The maximum Gasteiger partial charge on any atom is 0.293 e. The standard InChI is InChI=1S/C23H20N6O2/c30-21(14-16-6-3-5-15-4-1-2-7-20(15)16)24-17-10-12-19(13-11-17)29-27-22(26-28-29)23(31)25-18-8-9-18/h1-7,10-13,18H,8-9,14H2,(H,24,30)(H,25,31). The normalized spacial score (nSPS) is 13.2. The first-order valence-electron chi connectivity index (χ1n) is 10.1. The molecule has 1 aromatic heterocycles. The first kappa shape index (κ1) is 18.9. The van der Waals surface area contributed by atoms with Crippen LogP contribution >= 0.6 is 0 Å². The number of hydrogen-bond donors (Lipinski definition) is 2. The van der Waals surface area contributed by atoms with Gasteiger partial charge in [0.15, 0.2) is 0 Å². The molecule has 1 aliphatic rings. The monoisotopic (exact) mass is 412 g/mol. The average Bonchev–Trinajstić information content (AvgIpc) is 3.45. The number of nitrogens with zero attached hydrogens (tertiary/aromatic N) is 4. The van der Waals surface area contributed by atoms with Crippen LogP contribution in [0.15, 0.2) is 66.7 Å². The highest BCUT2D eigenvalue weighted by Gasteiger charge is 2.25. The lowest BCUT2D eigenvalue weighted by Crippen LogP contribution is -2.26. The van der Waals surface area contributed by atoms with Crippen LogP contribution < -0.4 is 10.6 Å². The Kier molecular flexibility index (Phi) is 4.87. The van der Waals surface area contributed by atoms with E-state index in [0.717, 1.165) is 29.2 Å². The summed E-state index contributed by atoms with van der Waals surface area (Å²) in [6.07, 6.45) is 2.27. The highest BCUT2D eigenvalue weighted by molar-refractivity contribution is 5.96. The summed E-state index contributed by atoms with van der Waals surface area (Å²) in [4.78, 5) is 25.9. The smallest absolute Gasteiger partial charge is 0.293 e. The first-order valence-corrected chi connectivity index (χ1v) is 10.1. The molecule has 2 N–H and O–H groups in total. The van der Waals surface area contributed by atoms with E-state index in [9.17, 15) is 9.59 Å². The van der Waals surface area contributed by atoms with Crippen molar-refractivity contribution in [3.05, 3.63) is 78.1 Å². The Labute approximate surface area is 178 Å². The van der Waals surface area contributed by atoms with Crippen LogP contribution in [0.25, 0.3) is 16.5 Å². The van der Waals surface area contributed by atoms with Crippen molar-refractivity contribution in [2.24, 2.45) is 0 Å². The molecule has 0 radical (unpaired) electrons. The van der Waals surface area contributed by atoms with Gasteiger partial charge < -0.3 is 10.6 Å². The van der Waals surface area contributed by atoms with Crippen molar-refractivity contribution in [3.8, 4) is 5.69 Å². The number of carbonyl (C=O) groups excluding carboxylic acids is 2. The number of nitrogens with one attached hydrogen (secondary N) is 2. The Hall–Kier alpha value is -4.07. The maximum absolute atomic E-state index is 12.6. The van der Waals surface area contributed by atoms with Gasteiger partial charge in [0, 0.05) is 11.7 Å². The lowest BCUT2D eigenvalue weighted by molar-refractivity contribution is -0.115. The number of aromatic nitrogens is 4. The summed E-state index contributed by atoms with van der Waals surface area (Å²) in [6, 6.07) is 21.3. The molecule has 1 heterocycles. The second-order valence-corrected chi connectivity index (χ2v) is 7.56. The molecular formula is C23H20N6O2. The molecule has 8 heteroatoms. The van der Waals surface area contributed by atoms with Crippen LogP contribution in [0.3, 0.4) is 0 Å². The summed E-state index contributed by atoms with van der Waals surface area (Å²) < 4.78 is 0. The Morgan fingerprint density at radius 1 is 0.968 bits per heavy atom. The second-order valence-electron chi connectivity index (χ2n) is 7.56. The summed E-state index contributed by atoms with van der Waals surface area (Å²) in [5.74, 6) is -0.368. The molecule has 0 atom stereocenters. The molecule has 4 aromatic rings. The zero-order valence-corrected chi connectivity index (χ0v) is 16.7. The van der Waals surface area contributed by atoms with Crippen molar-refractivity contribution in [2.45, 2.75) is 25.3 Å². The molecule has 31 heavy (non-hydrogen) atoms. The Morgan fingerprint density at radius 3 is 2.55 bits per heavy atom. The zero-order valence-electron chi connectivity index (χ0n) is 16.7. The van der Waals surface area contributed by atoms with Gasteiger partial charge in [0.25, 0.3) is 11.7 Å². The molecule has 2 amide bonds. The van der Waals surface area contributed by atoms with E-state index in [1.807, 2.05) is 42.5 Å². The van der Waals surface area contributed by atoms with Gasteiger partial charge in [-0.3, -0.25) is 9.59 Å². The Balaban J connectivity index is 1.24. The van der Waals surface area contributed by atoms with Crippen LogP contribution in [-0.4, -0.2) is 38.1 Å². The molecule has 0 aliphatic heterocycles. The molecule has 3 aromatic carbocycles. The number of benzene rings is 3. The molecule has 1 aliphatic carbocycles. The van der Waals surface area contributed by atoms with Crippen molar-refractivity contribution in [1.82, 2.24) is 25.5 Å². The van der Waals surface area contributed by atoms with Gasteiger partial charge in [-0.05, 0) is 58.7 Å². The lowest BCUT2D eigenvalue weighted by Gasteiger charge is -2.08. The van der Waals surface area contributed by atoms with Crippen molar-refractivity contribution in [2.75, 3.05) is 5.32 Å². The topological polar surface area (TPSA) is 102 Å². The molecule has 154 valence electrons. The molecule has 8 nitrogen and oxygen atoms in total. The fourth-order valence-electron chi connectivity index (χ4n) is 3.40. The third-order valence-electron chi connectivity index (χ3n) is 5.14. The number of hydrogen-bond acceptors (Lipinski definition) is 5. The van der Waals surface area contributed by atoms with Gasteiger partial charge in [-0.25, -0.2) is 0 Å². The van der Waals surface area contributed by atoms with Crippen molar-refractivity contribution < 1.29 is 9.59 Å². The molecule has 1 fully saturated rings. The number of rotatable bonds is 6. The van der Waals surface area contributed by atoms with Gasteiger partial charge in [0.1, 0.15) is 0 Å². The number of carbonyl (C=O) groups is 2. The highest BCUT2D eigenvalue weighted by Crippen LogP contribution is 2.20. The largest absolute Gasteiger partial charge is 0.346 e. The van der Waals surface area contributed by atoms with Gasteiger partial charge in [-0.1, -0.05) is 42.5 Å². The number of amides is 2. The Bertz CT molecular complexity index is 1260. The van der Waals surface area contributed by atoms with E-state index in [1.54, 1.807) is 24.3 Å². The minimum atomic E-state index is -0.314. The van der Waals surface area contributed by atoms with E-state index in [-0.39, 0.29) is 30.1 Å². The summed E-state index contributed by atoms with van der Waals surface area (Å²) in [7, 11) is 0. The molecule has 0 bridgehead atoms. The first-order chi connectivity index (χ1) is 15.2. The average molecular weight is 412 g/mol. The minimum absolute atomic E-state index is 0.0411. The van der Waals surface area contributed by atoms with Crippen LogP contribution in [0, 0.1) is 0 Å². The summed E-state index contributed by atoms with van der Waals surface area (Å²) >= 11 is 0. The maximum atomic E-state index is 12.6. The van der Waals surface area contributed by atoms with E-state index < -0.39 is 0 Å². The van der Waals surface area contributed by atoms with E-state index in [0.29, 0.717) is 11.4 Å². The molecule has 0 unspecified atom stereocenters. The summed E-state index contributed by atoms with van der Waals surface area (Å²) in [5, 5.41) is 19.8.